The molecule has 0 radical (unpaired) electrons. The number of nitrogens with one attached hydrogen (secondary N) is 3. The Morgan fingerprint density at radius 2 is 1.62 bits per heavy atom. The van der Waals surface area contributed by atoms with E-state index in [1.807, 2.05) is 6.92 Å². The van der Waals surface area contributed by atoms with Gasteiger partial charge in [-0.2, -0.15) is 0 Å². The summed E-state index contributed by atoms with van der Waals surface area (Å²) < 4.78 is 5.09. The van der Waals surface area contributed by atoms with Crippen molar-refractivity contribution in [3.05, 3.63) is 29.8 Å². The number of benzene rings is 1. The van der Waals surface area contributed by atoms with Crippen molar-refractivity contribution in [2.45, 2.75) is 52.1 Å². The van der Waals surface area contributed by atoms with Crippen molar-refractivity contribution < 1.29 is 14.6 Å². The molecule has 0 spiro atoms. The Bertz CT molecular complexity index is 602. The van der Waals surface area contributed by atoms with Gasteiger partial charge in [0, 0.05) is 25.2 Å². The van der Waals surface area contributed by atoms with Crippen LogP contribution in [0.3, 0.4) is 0 Å². The molecular formula is C21H37IN4O3. The van der Waals surface area contributed by atoms with E-state index in [0.29, 0.717) is 31.2 Å². The number of aliphatic hydroxyl groups is 1. The summed E-state index contributed by atoms with van der Waals surface area (Å²) in [5, 5.41) is 19.9. The van der Waals surface area contributed by atoms with E-state index in [4.69, 9.17) is 4.74 Å². The molecule has 0 bridgehead atoms. The van der Waals surface area contributed by atoms with E-state index >= 15 is 0 Å². The predicted octanol–water partition coefficient (Wildman–Crippen LogP) is 2.93. The van der Waals surface area contributed by atoms with Crippen LogP contribution in [0.4, 0.5) is 0 Å². The number of carbonyl (C=O) groups excluding carboxylic acids is 1. The van der Waals surface area contributed by atoms with Gasteiger partial charge in [-0.05, 0) is 44.0 Å². The number of hydrogen-bond acceptors (Lipinski definition) is 4. The Morgan fingerprint density at radius 1 is 1.03 bits per heavy atom. The van der Waals surface area contributed by atoms with Gasteiger partial charge in [-0.1, -0.05) is 26.7 Å². The summed E-state index contributed by atoms with van der Waals surface area (Å²) in [6.07, 6.45) is 3.32. The van der Waals surface area contributed by atoms with Gasteiger partial charge in [0.15, 0.2) is 5.96 Å². The van der Waals surface area contributed by atoms with Crippen LogP contribution in [0.15, 0.2) is 29.3 Å². The van der Waals surface area contributed by atoms with Crippen molar-refractivity contribution in [1.29, 1.82) is 0 Å². The molecule has 1 aromatic rings. The maximum absolute atomic E-state index is 12.2. The quantitative estimate of drug-likeness (QED) is 0.147. The van der Waals surface area contributed by atoms with E-state index in [9.17, 15) is 9.90 Å². The number of ether oxygens (including phenoxy) is 1. The monoisotopic (exact) mass is 520 g/mol. The molecular weight excluding hydrogens is 483 g/mol. The van der Waals surface area contributed by atoms with E-state index < -0.39 is 5.60 Å². The average molecular weight is 520 g/mol. The third-order valence-electron chi connectivity index (χ3n) is 4.36. The lowest BCUT2D eigenvalue weighted by molar-refractivity contribution is 0.0306. The van der Waals surface area contributed by atoms with Crippen molar-refractivity contribution in [1.82, 2.24) is 16.0 Å². The van der Waals surface area contributed by atoms with Gasteiger partial charge in [0.25, 0.3) is 5.91 Å². The van der Waals surface area contributed by atoms with E-state index in [0.717, 1.165) is 38.0 Å². The average Bonchev–Trinajstić information content (AvgIpc) is 2.69. The molecule has 4 N–H and O–H groups in total. The van der Waals surface area contributed by atoms with Gasteiger partial charge >= 0.3 is 0 Å². The molecule has 0 saturated carbocycles. The standard InChI is InChI=1S/C21H36N4O3.HI/c1-5-12-21(27,13-6-2)16-25-20(22-7-3)24-15-14-23-19(26)17-8-10-18(28-4)11-9-17;/h8-11,27H,5-7,12-16H2,1-4H3,(H,23,26)(H2,22,24,25);1H. The number of aliphatic imine (C=N–C) groups is 1. The fourth-order valence-corrected chi connectivity index (χ4v) is 2.98. The van der Waals surface area contributed by atoms with Crippen LogP contribution in [0.1, 0.15) is 56.8 Å². The smallest absolute Gasteiger partial charge is 0.251 e. The lowest BCUT2D eigenvalue weighted by atomic mass is 9.93. The highest BCUT2D eigenvalue weighted by Crippen LogP contribution is 2.19. The second-order valence-corrected chi connectivity index (χ2v) is 6.83. The van der Waals surface area contributed by atoms with Gasteiger partial charge in [-0.15, -0.1) is 24.0 Å². The Morgan fingerprint density at radius 3 is 2.14 bits per heavy atom. The molecule has 0 aliphatic rings. The summed E-state index contributed by atoms with van der Waals surface area (Å²) in [6.45, 7) is 8.22. The number of rotatable bonds is 12. The fraction of sp³-hybridized carbons (Fsp3) is 0.619. The maximum atomic E-state index is 12.2. The van der Waals surface area contributed by atoms with Crippen molar-refractivity contribution >= 4 is 35.8 Å². The molecule has 29 heavy (non-hydrogen) atoms. The van der Waals surface area contributed by atoms with Gasteiger partial charge < -0.3 is 25.8 Å². The number of hydrogen-bond donors (Lipinski definition) is 4. The minimum atomic E-state index is -0.756. The normalized spacial score (nSPS) is 11.4. The first-order valence-corrected chi connectivity index (χ1v) is 10.1. The highest BCUT2D eigenvalue weighted by molar-refractivity contribution is 14.0. The van der Waals surface area contributed by atoms with Crippen LogP contribution in [0.5, 0.6) is 5.75 Å². The second-order valence-electron chi connectivity index (χ2n) is 6.83. The first-order chi connectivity index (χ1) is 13.5. The number of carbonyl (C=O) groups is 1. The summed E-state index contributed by atoms with van der Waals surface area (Å²) in [6, 6.07) is 6.98. The third-order valence-corrected chi connectivity index (χ3v) is 4.36. The molecule has 0 heterocycles. The van der Waals surface area contributed by atoms with E-state index in [1.54, 1.807) is 31.4 Å². The van der Waals surface area contributed by atoms with Gasteiger partial charge in [-0.3, -0.25) is 9.79 Å². The van der Waals surface area contributed by atoms with Gasteiger partial charge in [0.05, 0.1) is 19.3 Å². The molecule has 0 unspecified atom stereocenters. The molecule has 1 rings (SSSR count). The van der Waals surface area contributed by atoms with Crippen molar-refractivity contribution in [3.8, 4) is 5.75 Å². The summed E-state index contributed by atoms with van der Waals surface area (Å²) in [5.41, 5.74) is -0.167. The largest absolute Gasteiger partial charge is 0.497 e. The van der Waals surface area contributed by atoms with Crippen molar-refractivity contribution in [3.63, 3.8) is 0 Å². The van der Waals surface area contributed by atoms with Crippen LogP contribution in [0, 0.1) is 0 Å². The van der Waals surface area contributed by atoms with Crippen LogP contribution in [0.2, 0.25) is 0 Å². The molecule has 0 atom stereocenters. The molecule has 8 heteroatoms. The van der Waals surface area contributed by atoms with E-state index in [-0.39, 0.29) is 29.9 Å². The molecule has 0 saturated heterocycles. The van der Waals surface area contributed by atoms with Gasteiger partial charge in [0.2, 0.25) is 0 Å². The number of methoxy groups -OCH3 is 1. The Hall–Kier alpha value is -1.55. The lowest BCUT2D eigenvalue weighted by Gasteiger charge is -2.26. The van der Waals surface area contributed by atoms with Crippen LogP contribution in [0.25, 0.3) is 0 Å². The number of halogens is 1. The summed E-state index contributed by atoms with van der Waals surface area (Å²) in [5.74, 6) is 1.23. The Kier molecular flexibility index (Phi) is 14.5. The second kappa shape index (κ2) is 15.3. The predicted molar refractivity (Wildman–Crippen MR) is 129 cm³/mol. The fourth-order valence-electron chi connectivity index (χ4n) is 2.98. The summed E-state index contributed by atoms with van der Waals surface area (Å²) in [4.78, 5) is 16.7. The zero-order chi connectivity index (χ0) is 20.8. The van der Waals surface area contributed by atoms with E-state index in [1.165, 1.54) is 0 Å². The van der Waals surface area contributed by atoms with Crippen molar-refractivity contribution in [2.75, 3.05) is 33.3 Å². The van der Waals surface area contributed by atoms with E-state index in [2.05, 4.69) is 34.8 Å². The number of guanidine groups is 1. The zero-order valence-electron chi connectivity index (χ0n) is 18.1. The highest BCUT2D eigenvalue weighted by Gasteiger charge is 2.24. The van der Waals surface area contributed by atoms with Crippen LogP contribution in [-0.4, -0.2) is 55.9 Å². The number of amides is 1. The van der Waals surface area contributed by atoms with Crippen LogP contribution >= 0.6 is 24.0 Å². The molecule has 166 valence electrons. The Labute approximate surface area is 192 Å². The molecule has 7 nitrogen and oxygen atoms in total. The summed E-state index contributed by atoms with van der Waals surface area (Å²) in [7, 11) is 1.59. The Balaban J connectivity index is 0.00000784. The molecule has 0 aromatic heterocycles. The number of nitrogens with zero attached hydrogens (tertiary/aromatic N) is 1. The molecule has 0 fully saturated rings. The molecule has 0 aliphatic heterocycles. The minimum Gasteiger partial charge on any atom is -0.497 e. The SMILES string of the molecule is CCCC(O)(CCC)CN=C(NCC)NCCNC(=O)c1ccc(OC)cc1.I. The zero-order valence-corrected chi connectivity index (χ0v) is 20.4. The van der Waals surface area contributed by atoms with Crippen LogP contribution < -0.4 is 20.7 Å². The molecule has 1 aromatic carbocycles. The third kappa shape index (κ3) is 10.7. The van der Waals surface area contributed by atoms with Crippen LogP contribution in [-0.2, 0) is 0 Å². The minimum absolute atomic E-state index is 0. The lowest BCUT2D eigenvalue weighted by Crippen LogP contribution is -2.43. The molecule has 0 aliphatic carbocycles. The molecule has 1 amide bonds. The topological polar surface area (TPSA) is 95.0 Å². The van der Waals surface area contributed by atoms with Gasteiger partial charge in [0.1, 0.15) is 5.75 Å². The maximum Gasteiger partial charge on any atom is 0.251 e. The highest BCUT2D eigenvalue weighted by atomic mass is 127. The van der Waals surface area contributed by atoms with Crippen molar-refractivity contribution in [2.24, 2.45) is 4.99 Å². The van der Waals surface area contributed by atoms with Gasteiger partial charge in [-0.25, -0.2) is 0 Å². The first-order valence-electron chi connectivity index (χ1n) is 10.1. The summed E-state index contributed by atoms with van der Waals surface area (Å²) >= 11 is 0. The first kappa shape index (κ1) is 27.5.